The highest BCUT2D eigenvalue weighted by Crippen LogP contribution is 2.17. The van der Waals surface area contributed by atoms with Gasteiger partial charge >= 0.3 is 0 Å². The van der Waals surface area contributed by atoms with Gasteiger partial charge in [-0.05, 0) is 30.9 Å². The highest BCUT2D eigenvalue weighted by molar-refractivity contribution is 5.85. The van der Waals surface area contributed by atoms with Crippen LogP contribution >= 0.6 is 12.4 Å². The number of rotatable bonds is 7. The number of benzene rings is 1. The first-order valence-corrected chi connectivity index (χ1v) is 6.25. The van der Waals surface area contributed by atoms with Crippen LogP contribution in [0.15, 0.2) is 30.3 Å². The van der Waals surface area contributed by atoms with Crippen molar-refractivity contribution in [2.45, 2.75) is 32.1 Å². The van der Waals surface area contributed by atoms with Crippen molar-refractivity contribution in [1.29, 1.82) is 0 Å². The summed E-state index contributed by atoms with van der Waals surface area (Å²) >= 11 is 0. The zero-order valence-electron chi connectivity index (χ0n) is 10.9. The predicted molar refractivity (Wildman–Crippen MR) is 78.0 cm³/mol. The lowest BCUT2D eigenvalue weighted by Gasteiger charge is -2.11. The van der Waals surface area contributed by atoms with E-state index in [1.807, 2.05) is 18.2 Å². The van der Waals surface area contributed by atoms with Crippen molar-refractivity contribution < 1.29 is 4.79 Å². The van der Waals surface area contributed by atoms with Gasteiger partial charge in [-0.15, -0.1) is 12.4 Å². The quantitative estimate of drug-likeness (QED) is 0.748. The van der Waals surface area contributed by atoms with Crippen molar-refractivity contribution in [3.8, 4) is 0 Å². The lowest BCUT2D eigenvalue weighted by molar-refractivity contribution is -0.121. The van der Waals surface area contributed by atoms with E-state index in [1.165, 1.54) is 5.56 Å². The molecule has 0 aliphatic carbocycles. The smallest absolute Gasteiger partial charge is 0.220 e. The number of hydrogen-bond donors (Lipinski definition) is 2. The Balaban J connectivity index is 0.00000289. The van der Waals surface area contributed by atoms with Gasteiger partial charge in [0.15, 0.2) is 0 Å². The molecule has 0 aromatic heterocycles. The normalized spacial score (nSPS) is 11.4. The SMILES string of the molecule is CC(CC(=O)NCCCCN)c1ccccc1.Cl. The van der Waals surface area contributed by atoms with Gasteiger partial charge in [-0.3, -0.25) is 4.79 Å². The van der Waals surface area contributed by atoms with Crippen molar-refractivity contribution in [1.82, 2.24) is 5.32 Å². The fourth-order valence-corrected chi connectivity index (χ4v) is 1.75. The van der Waals surface area contributed by atoms with E-state index in [1.54, 1.807) is 0 Å². The predicted octanol–water partition coefficient (Wildman–Crippen LogP) is 2.46. The van der Waals surface area contributed by atoms with Gasteiger partial charge in [-0.25, -0.2) is 0 Å². The average molecular weight is 271 g/mol. The summed E-state index contributed by atoms with van der Waals surface area (Å²) in [6.45, 7) is 3.50. The molecule has 0 fully saturated rings. The molecule has 0 bridgehead atoms. The molecular weight excluding hydrogens is 248 g/mol. The first kappa shape index (κ1) is 16.9. The summed E-state index contributed by atoms with van der Waals surface area (Å²) in [5.74, 6) is 0.393. The molecule has 0 spiro atoms. The second-order valence-corrected chi connectivity index (χ2v) is 4.36. The van der Waals surface area contributed by atoms with Crippen LogP contribution in [0.2, 0.25) is 0 Å². The van der Waals surface area contributed by atoms with E-state index >= 15 is 0 Å². The van der Waals surface area contributed by atoms with Crippen LogP contribution in [0.5, 0.6) is 0 Å². The highest BCUT2D eigenvalue weighted by Gasteiger charge is 2.09. The molecule has 102 valence electrons. The van der Waals surface area contributed by atoms with E-state index in [0.717, 1.165) is 19.4 Å². The van der Waals surface area contributed by atoms with Crippen LogP contribution in [0.4, 0.5) is 0 Å². The fraction of sp³-hybridized carbons (Fsp3) is 0.500. The molecule has 1 aromatic rings. The zero-order valence-corrected chi connectivity index (χ0v) is 11.7. The number of nitrogens with two attached hydrogens (primary N) is 1. The minimum Gasteiger partial charge on any atom is -0.356 e. The summed E-state index contributed by atoms with van der Waals surface area (Å²) in [7, 11) is 0. The summed E-state index contributed by atoms with van der Waals surface area (Å²) in [5, 5.41) is 2.92. The minimum absolute atomic E-state index is 0. The minimum atomic E-state index is 0. The maximum absolute atomic E-state index is 11.6. The Morgan fingerprint density at radius 2 is 1.94 bits per heavy atom. The molecule has 0 saturated heterocycles. The number of unbranched alkanes of at least 4 members (excludes halogenated alkanes) is 1. The Kier molecular flexibility index (Phi) is 9.33. The van der Waals surface area contributed by atoms with E-state index in [4.69, 9.17) is 5.73 Å². The number of amides is 1. The Bertz CT molecular complexity index is 330. The van der Waals surface area contributed by atoms with Crippen LogP contribution < -0.4 is 11.1 Å². The van der Waals surface area contributed by atoms with E-state index in [2.05, 4.69) is 24.4 Å². The Morgan fingerprint density at radius 1 is 1.28 bits per heavy atom. The van der Waals surface area contributed by atoms with Crippen LogP contribution in [0.3, 0.4) is 0 Å². The molecular formula is C14H23ClN2O. The van der Waals surface area contributed by atoms with Crippen molar-refractivity contribution in [2.75, 3.05) is 13.1 Å². The Hall–Kier alpha value is -1.06. The van der Waals surface area contributed by atoms with Crippen molar-refractivity contribution in [3.63, 3.8) is 0 Å². The molecule has 0 radical (unpaired) electrons. The van der Waals surface area contributed by atoms with Gasteiger partial charge in [0.05, 0.1) is 0 Å². The molecule has 0 saturated carbocycles. The summed E-state index contributed by atoms with van der Waals surface area (Å²) in [6.07, 6.45) is 2.48. The van der Waals surface area contributed by atoms with Gasteiger partial charge in [0.25, 0.3) is 0 Å². The van der Waals surface area contributed by atoms with Gasteiger partial charge in [0.2, 0.25) is 5.91 Å². The van der Waals surface area contributed by atoms with Crippen molar-refractivity contribution in [3.05, 3.63) is 35.9 Å². The van der Waals surface area contributed by atoms with Crippen LogP contribution in [0, 0.1) is 0 Å². The van der Waals surface area contributed by atoms with Gasteiger partial charge in [0, 0.05) is 13.0 Å². The third kappa shape index (κ3) is 6.62. The summed E-state index contributed by atoms with van der Waals surface area (Å²) in [5.41, 5.74) is 6.60. The fourth-order valence-electron chi connectivity index (χ4n) is 1.75. The molecule has 18 heavy (non-hydrogen) atoms. The molecule has 1 atom stereocenters. The standard InChI is InChI=1S/C14H22N2O.ClH/c1-12(13-7-3-2-4-8-13)11-14(17)16-10-6-5-9-15;/h2-4,7-8,12H,5-6,9-11,15H2,1H3,(H,16,17);1H. The van der Waals surface area contributed by atoms with E-state index < -0.39 is 0 Å². The topological polar surface area (TPSA) is 55.1 Å². The molecule has 1 rings (SSSR count). The van der Waals surface area contributed by atoms with E-state index in [0.29, 0.717) is 13.0 Å². The molecule has 3 nitrogen and oxygen atoms in total. The second kappa shape index (κ2) is 9.92. The number of carbonyl (C=O) groups excluding carboxylic acids is 1. The number of halogens is 1. The molecule has 4 heteroatoms. The Morgan fingerprint density at radius 3 is 2.56 bits per heavy atom. The van der Waals surface area contributed by atoms with Crippen molar-refractivity contribution in [2.24, 2.45) is 5.73 Å². The third-order valence-corrected chi connectivity index (χ3v) is 2.81. The molecule has 0 heterocycles. The number of hydrogen-bond acceptors (Lipinski definition) is 2. The maximum atomic E-state index is 11.6. The maximum Gasteiger partial charge on any atom is 0.220 e. The molecule has 3 N–H and O–H groups in total. The average Bonchev–Trinajstić information content (AvgIpc) is 2.36. The zero-order chi connectivity index (χ0) is 12.5. The number of carbonyl (C=O) groups is 1. The lowest BCUT2D eigenvalue weighted by Crippen LogP contribution is -2.25. The summed E-state index contributed by atoms with van der Waals surface area (Å²) in [6, 6.07) is 10.1. The van der Waals surface area contributed by atoms with Crippen LogP contribution in [0.25, 0.3) is 0 Å². The van der Waals surface area contributed by atoms with Gasteiger partial charge in [-0.1, -0.05) is 37.3 Å². The number of nitrogens with one attached hydrogen (secondary N) is 1. The summed E-state index contributed by atoms with van der Waals surface area (Å²) < 4.78 is 0. The molecule has 1 aromatic carbocycles. The lowest BCUT2D eigenvalue weighted by atomic mass is 9.97. The highest BCUT2D eigenvalue weighted by atomic mass is 35.5. The van der Waals surface area contributed by atoms with Gasteiger partial charge < -0.3 is 11.1 Å². The first-order chi connectivity index (χ1) is 8.24. The first-order valence-electron chi connectivity index (χ1n) is 6.25. The molecule has 1 unspecified atom stereocenters. The van der Waals surface area contributed by atoms with Gasteiger partial charge in [0.1, 0.15) is 0 Å². The third-order valence-electron chi connectivity index (χ3n) is 2.81. The second-order valence-electron chi connectivity index (χ2n) is 4.36. The summed E-state index contributed by atoms with van der Waals surface area (Å²) in [4.78, 5) is 11.6. The largest absolute Gasteiger partial charge is 0.356 e. The van der Waals surface area contributed by atoms with Crippen LogP contribution in [0.1, 0.15) is 37.7 Å². The van der Waals surface area contributed by atoms with Gasteiger partial charge in [-0.2, -0.15) is 0 Å². The van der Waals surface area contributed by atoms with Crippen LogP contribution in [-0.4, -0.2) is 19.0 Å². The van der Waals surface area contributed by atoms with E-state index in [-0.39, 0.29) is 24.2 Å². The van der Waals surface area contributed by atoms with Crippen LogP contribution in [-0.2, 0) is 4.79 Å². The monoisotopic (exact) mass is 270 g/mol. The van der Waals surface area contributed by atoms with Crippen molar-refractivity contribution >= 4 is 18.3 Å². The molecule has 0 aliphatic heterocycles. The van der Waals surface area contributed by atoms with E-state index in [9.17, 15) is 4.79 Å². The molecule has 1 amide bonds. The molecule has 0 aliphatic rings. The Labute approximate surface area is 116 Å².